The van der Waals surface area contributed by atoms with Gasteiger partial charge in [-0.25, -0.2) is 4.79 Å². The Morgan fingerprint density at radius 3 is 2.66 bits per heavy atom. The van der Waals surface area contributed by atoms with E-state index in [4.69, 9.17) is 4.74 Å². The smallest absolute Gasteiger partial charge is 0.407 e. The summed E-state index contributed by atoms with van der Waals surface area (Å²) in [4.78, 5) is 15.1. The lowest BCUT2D eigenvalue weighted by molar-refractivity contribution is -0.0340. The molecule has 1 amide bonds. The van der Waals surface area contributed by atoms with Gasteiger partial charge in [-0.05, 0) is 86.4 Å². The van der Waals surface area contributed by atoms with E-state index in [-0.39, 0.29) is 18.2 Å². The molecule has 2 aromatic rings. The number of amides is 1. The van der Waals surface area contributed by atoms with Crippen molar-refractivity contribution >= 4 is 6.09 Å². The molecule has 4 heteroatoms. The molecular weight excluding hydrogens is 360 g/mol. The first kappa shape index (κ1) is 18.7. The van der Waals surface area contributed by atoms with Crippen LogP contribution in [0.2, 0.25) is 0 Å². The van der Waals surface area contributed by atoms with Gasteiger partial charge in [0.25, 0.3) is 0 Å². The Balaban J connectivity index is 1.32. The van der Waals surface area contributed by atoms with E-state index in [1.165, 1.54) is 27.8 Å². The summed E-state index contributed by atoms with van der Waals surface area (Å²) in [5.74, 6) is 0.539. The van der Waals surface area contributed by atoms with E-state index >= 15 is 0 Å². The fourth-order valence-corrected chi connectivity index (χ4v) is 5.31. The molecule has 152 valence electrons. The zero-order valence-electron chi connectivity index (χ0n) is 17.2. The normalized spacial score (nSPS) is 27.9. The lowest BCUT2D eigenvalue weighted by atomic mass is 9.85. The molecule has 3 saturated heterocycles. The molecule has 1 aliphatic carbocycles. The van der Waals surface area contributed by atoms with Crippen LogP contribution in [0, 0.1) is 12.8 Å². The maximum Gasteiger partial charge on any atom is 0.407 e. The standard InChI is InChI=1S/C25H30N2O2/c1-17-4-2-6-20(14-17)21-9-8-18-5-3-7-23(22(18)15-21)26-25(28)29-24-16-27-12-10-19(24)11-13-27/h2,4,6,8-9,14-15,19,23-24H,3,5,7,10-13,16H2,1H3,(H,26,28)/t23?,24-/m0/s1. The summed E-state index contributed by atoms with van der Waals surface area (Å²) in [6, 6.07) is 15.3. The number of carbonyl (C=O) groups excluding carboxylic acids is 1. The number of ether oxygens (including phenoxy) is 1. The Kier molecular flexibility index (Phi) is 5.04. The van der Waals surface area contributed by atoms with Gasteiger partial charge >= 0.3 is 6.09 Å². The van der Waals surface area contributed by atoms with Crippen LogP contribution in [-0.4, -0.2) is 36.7 Å². The quantitative estimate of drug-likeness (QED) is 0.814. The molecule has 0 aromatic heterocycles. The first-order valence-electron chi connectivity index (χ1n) is 11.0. The topological polar surface area (TPSA) is 41.6 Å². The monoisotopic (exact) mass is 390 g/mol. The molecule has 1 N–H and O–H groups in total. The zero-order chi connectivity index (χ0) is 19.8. The molecule has 3 heterocycles. The van der Waals surface area contributed by atoms with Crippen molar-refractivity contribution in [3.8, 4) is 11.1 Å². The zero-order valence-corrected chi connectivity index (χ0v) is 17.2. The molecule has 0 saturated carbocycles. The highest BCUT2D eigenvalue weighted by molar-refractivity contribution is 5.70. The Bertz CT molecular complexity index is 901. The summed E-state index contributed by atoms with van der Waals surface area (Å²) in [7, 11) is 0. The van der Waals surface area contributed by atoms with Gasteiger partial charge in [0.15, 0.2) is 0 Å². The summed E-state index contributed by atoms with van der Waals surface area (Å²) in [6.07, 6.45) is 5.27. The van der Waals surface area contributed by atoms with E-state index in [0.29, 0.717) is 5.92 Å². The molecule has 3 fully saturated rings. The highest BCUT2D eigenvalue weighted by atomic mass is 16.6. The molecule has 2 aromatic carbocycles. The summed E-state index contributed by atoms with van der Waals surface area (Å²) in [5, 5.41) is 3.19. The highest BCUT2D eigenvalue weighted by Crippen LogP contribution is 2.34. The molecular formula is C25H30N2O2. The molecule has 2 bridgehead atoms. The molecule has 3 aliphatic heterocycles. The fourth-order valence-electron chi connectivity index (χ4n) is 5.31. The van der Waals surface area contributed by atoms with Crippen LogP contribution in [-0.2, 0) is 11.2 Å². The largest absolute Gasteiger partial charge is 0.445 e. The summed E-state index contributed by atoms with van der Waals surface area (Å²) < 4.78 is 5.88. The van der Waals surface area contributed by atoms with Gasteiger partial charge < -0.3 is 10.1 Å². The average molecular weight is 391 g/mol. The van der Waals surface area contributed by atoms with Crippen molar-refractivity contribution in [1.82, 2.24) is 10.2 Å². The molecule has 4 nitrogen and oxygen atoms in total. The maximum atomic E-state index is 12.7. The van der Waals surface area contributed by atoms with Crippen LogP contribution in [0.25, 0.3) is 11.1 Å². The second-order valence-electron chi connectivity index (χ2n) is 8.95. The minimum atomic E-state index is -0.248. The molecule has 6 rings (SSSR count). The number of nitrogens with one attached hydrogen (secondary N) is 1. The summed E-state index contributed by atoms with van der Waals surface area (Å²) in [6.45, 7) is 5.33. The summed E-state index contributed by atoms with van der Waals surface area (Å²) in [5.41, 5.74) is 6.30. The molecule has 2 atom stereocenters. The number of hydrogen-bond acceptors (Lipinski definition) is 3. The lowest BCUT2D eigenvalue weighted by Gasteiger charge is -2.44. The van der Waals surface area contributed by atoms with Gasteiger partial charge in [-0.1, -0.05) is 42.0 Å². The van der Waals surface area contributed by atoms with E-state index in [2.05, 4.69) is 59.6 Å². The number of aryl methyl sites for hydroxylation is 2. The third-order valence-corrected chi connectivity index (χ3v) is 6.96. The number of alkyl carbamates (subject to hydrolysis) is 1. The predicted molar refractivity (Wildman–Crippen MR) is 115 cm³/mol. The molecule has 0 radical (unpaired) electrons. The minimum Gasteiger partial charge on any atom is -0.445 e. The van der Waals surface area contributed by atoms with Crippen molar-refractivity contribution < 1.29 is 9.53 Å². The van der Waals surface area contributed by atoms with Gasteiger partial charge in [0, 0.05) is 6.54 Å². The van der Waals surface area contributed by atoms with Crippen molar-refractivity contribution in [1.29, 1.82) is 0 Å². The molecule has 0 spiro atoms. The Morgan fingerprint density at radius 1 is 1.07 bits per heavy atom. The number of carbonyl (C=O) groups is 1. The van der Waals surface area contributed by atoms with Crippen molar-refractivity contribution in [2.24, 2.45) is 5.92 Å². The first-order valence-corrected chi connectivity index (χ1v) is 11.0. The van der Waals surface area contributed by atoms with E-state index < -0.39 is 0 Å². The lowest BCUT2D eigenvalue weighted by Crippen LogP contribution is -2.52. The van der Waals surface area contributed by atoms with Crippen LogP contribution in [0.5, 0.6) is 0 Å². The number of fused-ring (bicyclic) bond motifs is 4. The van der Waals surface area contributed by atoms with Crippen molar-refractivity contribution in [3.63, 3.8) is 0 Å². The maximum absolute atomic E-state index is 12.7. The van der Waals surface area contributed by atoms with Crippen LogP contribution in [0.4, 0.5) is 4.79 Å². The van der Waals surface area contributed by atoms with E-state index in [0.717, 1.165) is 51.7 Å². The SMILES string of the molecule is Cc1cccc(-c2ccc3c(c2)C(NC(=O)O[C@H]2CN4CCC2CC4)CCC3)c1. The third-order valence-electron chi connectivity index (χ3n) is 6.96. The van der Waals surface area contributed by atoms with Gasteiger partial charge in [0.2, 0.25) is 0 Å². The highest BCUT2D eigenvalue weighted by Gasteiger charge is 2.37. The average Bonchev–Trinajstić information content (AvgIpc) is 2.74. The minimum absolute atomic E-state index is 0.0390. The van der Waals surface area contributed by atoms with Crippen LogP contribution >= 0.6 is 0 Å². The van der Waals surface area contributed by atoms with E-state index in [9.17, 15) is 4.79 Å². The van der Waals surface area contributed by atoms with Gasteiger partial charge in [0.05, 0.1) is 6.04 Å². The third kappa shape index (κ3) is 3.91. The van der Waals surface area contributed by atoms with Crippen LogP contribution in [0.15, 0.2) is 42.5 Å². The molecule has 29 heavy (non-hydrogen) atoms. The number of piperidine rings is 3. The molecule has 4 aliphatic rings. The summed E-state index contributed by atoms with van der Waals surface area (Å²) >= 11 is 0. The second-order valence-corrected chi connectivity index (χ2v) is 8.95. The second kappa shape index (κ2) is 7.83. The number of hydrogen-bond donors (Lipinski definition) is 1. The van der Waals surface area contributed by atoms with Crippen molar-refractivity contribution in [2.75, 3.05) is 19.6 Å². The van der Waals surface area contributed by atoms with Gasteiger partial charge in [-0.2, -0.15) is 0 Å². The van der Waals surface area contributed by atoms with Gasteiger partial charge in [0.1, 0.15) is 6.10 Å². The van der Waals surface area contributed by atoms with Gasteiger partial charge in [-0.15, -0.1) is 0 Å². The Hall–Kier alpha value is -2.33. The first-order chi connectivity index (χ1) is 14.2. The van der Waals surface area contributed by atoms with Crippen LogP contribution in [0.3, 0.4) is 0 Å². The van der Waals surface area contributed by atoms with Crippen LogP contribution < -0.4 is 5.32 Å². The predicted octanol–water partition coefficient (Wildman–Crippen LogP) is 4.86. The number of benzene rings is 2. The Morgan fingerprint density at radius 2 is 1.90 bits per heavy atom. The van der Waals surface area contributed by atoms with Crippen molar-refractivity contribution in [2.45, 2.75) is 51.2 Å². The van der Waals surface area contributed by atoms with Gasteiger partial charge in [-0.3, -0.25) is 4.90 Å². The van der Waals surface area contributed by atoms with E-state index in [1.807, 2.05) is 0 Å². The van der Waals surface area contributed by atoms with Crippen LogP contribution in [0.1, 0.15) is 48.4 Å². The number of rotatable bonds is 3. The van der Waals surface area contributed by atoms with E-state index in [1.54, 1.807) is 0 Å². The van der Waals surface area contributed by atoms with Crippen molar-refractivity contribution in [3.05, 3.63) is 59.2 Å². The molecule has 1 unspecified atom stereocenters. The Labute approximate surface area is 173 Å². The number of nitrogens with zero attached hydrogens (tertiary/aromatic N) is 1. The fraction of sp³-hybridized carbons (Fsp3) is 0.480.